The third kappa shape index (κ3) is 5.18. The van der Waals surface area contributed by atoms with E-state index < -0.39 is 64.3 Å². The lowest BCUT2D eigenvalue weighted by molar-refractivity contribution is -0.228. The highest BCUT2D eigenvalue weighted by Crippen LogP contribution is 2.51. The van der Waals surface area contributed by atoms with Crippen LogP contribution >= 0.6 is 0 Å². The van der Waals surface area contributed by atoms with Gasteiger partial charge in [-0.3, -0.25) is 9.59 Å². The van der Waals surface area contributed by atoms with Gasteiger partial charge in [0.05, 0.1) is 5.60 Å². The molecule has 0 bridgehead atoms. The fraction of sp³-hybridized carbons (Fsp3) is 0.548. The van der Waals surface area contributed by atoms with Gasteiger partial charge in [0.2, 0.25) is 11.6 Å². The zero-order valence-electron chi connectivity index (χ0n) is 23.6. The van der Waals surface area contributed by atoms with Gasteiger partial charge >= 0.3 is 6.18 Å². The van der Waals surface area contributed by atoms with Crippen LogP contribution in [0.5, 0.6) is 0 Å². The maximum Gasteiger partial charge on any atom is 0.426 e. The highest BCUT2D eigenvalue weighted by atomic mass is 19.4. The molecule has 2 aromatic rings. The highest BCUT2D eigenvalue weighted by molar-refractivity contribution is 5.93. The Labute approximate surface area is 240 Å². The van der Waals surface area contributed by atoms with Gasteiger partial charge in [-0.15, -0.1) is 0 Å². The largest absolute Gasteiger partial charge is 0.426 e. The fourth-order valence-electron chi connectivity index (χ4n) is 7.04. The lowest BCUT2D eigenvalue weighted by Gasteiger charge is -2.45. The quantitative estimate of drug-likeness (QED) is 0.460. The standard InChI is InChI=1S/C31H34F6N2O3/c1-28(2,42)17-39-24(15-23(33)26(39)40)27(41)38-13-12-30(16-18-4-8-21(32)9-5-18)22-10-7-20(29(3,34)31(35,36)37)14-19(22)6-11-25(30)38/h4-5,7-10,14,23-25,42H,6,11-13,15-17H2,1-3H3/t23-,24-,25+,29?,30+/m0/s1. The van der Waals surface area contributed by atoms with Crippen LogP contribution < -0.4 is 0 Å². The van der Waals surface area contributed by atoms with E-state index in [-0.39, 0.29) is 25.9 Å². The Kier molecular flexibility index (Phi) is 7.43. The second-order valence-electron chi connectivity index (χ2n) is 12.7. The SMILES string of the molecule is CC(C)(O)CN1C(=O)[C@@H](F)C[C@H]1C(=O)N1CC[C@@]2(Cc3ccc(F)cc3)c3ccc(C(C)(F)C(F)(F)F)cc3CC[C@@H]12. The summed E-state index contributed by atoms with van der Waals surface area (Å²) in [6, 6.07) is 8.19. The third-order valence-corrected chi connectivity index (χ3v) is 9.13. The number of halogens is 6. The summed E-state index contributed by atoms with van der Waals surface area (Å²) in [6.07, 6.45) is -5.95. The maximum absolute atomic E-state index is 14.9. The molecule has 2 heterocycles. The number of benzene rings is 2. The van der Waals surface area contributed by atoms with E-state index in [0.29, 0.717) is 37.3 Å². The number of β-amino-alcohol motifs (C(OH)–C–C–N with tert-alkyl or cyclic N) is 1. The smallest absolute Gasteiger partial charge is 0.389 e. The van der Waals surface area contributed by atoms with Crippen LogP contribution in [0.25, 0.3) is 0 Å². The van der Waals surface area contributed by atoms with Crippen molar-refractivity contribution >= 4 is 11.8 Å². The van der Waals surface area contributed by atoms with Crippen LogP contribution in [-0.2, 0) is 33.5 Å². The van der Waals surface area contributed by atoms with Gasteiger partial charge in [-0.05, 0) is 80.8 Å². The van der Waals surface area contributed by atoms with Crippen LogP contribution in [-0.4, -0.2) is 69.8 Å². The number of hydrogen-bond acceptors (Lipinski definition) is 3. The predicted molar refractivity (Wildman–Crippen MR) is 142 cm³/mol. The Bertz CT molecular complexity index is 1370. The Morgan fingerprint density at radius 2 is 1.74 bits per heavy atom. The molecule has 2 aromatic carbocycles. The van der Waals surface area contributed by atoms with E-state index in [1.54, 1.807) is 17.0 Å². The molecule has 1 unspecified atom stereocenters. The molecule has 2 saturated heterocycles. The molecular formula is C31H34F6N2O3. The van der Waals surface area contributed by atoms with Crippen molar-refractivity contribution in [3.8, 4) is 0 Å². The molecule has 5 nitrogen and oxygen atoms in total. The molecule has 2 aliphatic heterocycles. The molecule has 2 amide bonds. The number of fused-ring (bicyclic) bond motifs is 3. The number of nitrogens with zero attached hydrogens (tertiary/aromatic N) is 2. The van der Waals surface area contributed by atoms with Crippen molar-refractivity contribution in [3.63, 3.8) is 0 Å². The number of carbonyl (C=O) groups is 2. The molecule has 0 saturated carbocycles. The van der Waals surface area contributed by atoms with Crippen LogP contribution in [0.3, 0.4) is 0 Å². The first-order chi connectivity index (χ1) is 19.4. The number of alkyl halides is 5. The Morgan fingerprint density at radius 1 is 1.07 bits per heavy atom. The summed E-state index contributed by atoms with van der Waals surface area (Å²) in [5.74, 6) is -1.74. The van der Waals surface area contributed by atoms with E-state index in [0.717, 1.165) is 16.5 Å². The van der Waals surface area contributed by atoms with Crippen LogP contribution in [0.2, 0.25) is 0 Å². The molecule has 228 valence electrons. The number of carbonyl (C=O) groups excluding carboxylic acids is 2. The normalized spacial score (nSPS) is 27.6. The first-order valence-electron chi connectivity index (χ1n) is 14.1. The summed E-state index contributed by atoms with van der Waals surface area (Å²) in [5.41, 5.74) is -4.21. The Balaban J connectivity index is 1.54. The molecular weight excluding hydrogens is 562 g/mol. The van der Waals surface area contributed by atoms with Gasteiger partial charge in [-0.25, -0.2) is 13.2 Å². The van der Waals surface area contributed by atoms with Crippen molar-refractivity contribution in [2.75, 3.05) is 13.1 Å². The number of hydrogen-bond donors (Lipinski definition) is 1. The van der Waals surface area contributed by atoms with E-state index in [1.165, 1.54) is 38.1 Å². The number of aliphatic hydroxyl groups is 1. The Hall–Kier alpha value is -3.08. The van der Waals surface area contributed by atoms with Gasteiger partial charge in [0, 0.05) is 31.0 Å². The highest BCUT2D eigenvalue weighted by Gasteiger charge is 2.57. The van der Waals surface area contributed by atoms with Crippen molar-refractivity contribution in [1.82, 2.24) is 9.80 Å². The van der Waals surface area contributed by atoms with Gasteiger partial charge in [0.25, 0.3) is 5.91 Å². The average molecular weight is 597 g/mol. The molecule has 5 atom stereocenters. The van der Waals surface area contributed by atoms with E-state index in [9.17, 15) is 41.0 Å². The molecule has 1 N–H and O–H groups in total. The summed E-state index contributed by atoms with van der Waals surface area (Å²) >= 11 is 0. The minimum absolute atomic E-state index is 0.227. The lowest BCUT2D eigenvalue weighted by Crippen LogP contribution is -2.55. The molecule has 11 heteroatoms. The second kappa shape index (κ2) is 10.3. The van der Waals surface area contributed by atoms with Gasteiger partial charge in [-0.2, -0.15) is 13.2 Å². The van der Waals surface area contributed by atoms with Crippen molar-refractivity contribution < 1.29 is 41.0 Å². The van der Waals surface area contributed by atoms with Crippen molar-refractivity contribution in [3.05, 3.63) is 70.5 Å². The van der Waals surface area contributed by atoms with E-state index in [1.807, 2.05) is 0 Å². The summed E-state index contributed by atoms with van der Waals surface area (Å²) in [4.78, 5) is 29.3. The minimum atomic E-state index is -5.11. The molecule has 0 radical (unpaired) electrons. The van der Waals surface area contributed by atoms with E-state index >= 15 is 0 Å². The van der Waals surface area contributed by atoms with Gasteiger partial charge < -0.3 is 14.9 Å². The second-order valence-corrected chi connectivity index (χ2v) is 12.7. The van der Waals surface area contributed by atoms with E-state index in [4.69, 9.17) is 0 Å². The number of aryl methyl sites for hydroxylation is 1. The third-order valence-electron chi connectivity index (χ3n) is 9.13. The number of rotatable bonds is 6. The zero-order chi connectivity index (χ0) is 30.8. The molecule has 0 spiro atoms. The average Bonchev–Trinajstić information content (AvgIpc) is 3.41. The molecule has 0 aromatic heterocycles. The van der Waals surface area contributed by atoms with Gasteiger partial charge in [0.1, 0.15) is 11.9 Å². The van der Waals surface area contributed by atoms with Gasteiger partial charge in [-0.1, -0.05) is 30.3 Å². The van der Waals surface area contributed by atoms with Crippen molar-refractivity contribution in [2.24, 2.45) is 0 Å². The molecule has 2 fully saturated rings. The topological polar surface area (TPSA) is 60.9 Å². The van der Waals surface area contributed by atoms with E-state index in [2.05, 4.69) is 0 Å². The zero-order valence-corrected chi connectivity index (χ0v) is 23.6. The molecule has 42 heavy (non-hydrogen) atoms. The predicted octanol–water partition coefficient (Wildman–Crippen LogP) is 5.31. The number of likely N-dealkylation sites (tertiary alicyclic amines) is 2. The summed E-state index contributed by atoms with van der Waals surface area (Å²) < 4.78 is 83.8. The summed E-state index contributed by atoms with van der Waals surface area (Å²) in [7, 11) is 0. The van der Waals surface area contributed by atoms with Crippen molar-refractivity contribution in [2.45, 2.75) is 94.0 Å². The van der Waals surface area contributed by atoms with Crippen LogP contribution in [0.1, 0.15) is 62.3 Å². The van der Waals surface area contributed by atoms with Crippen molar-refractivity contribution in [1.29, 1.82) is 0 Å². The first-order valence-corrected chi connectivity index (χ1v) is 14.1. The van der Waals surface area contributed by atoms with Gasteiger partial charge in [0.15, 0.2) is 6.17 Å². The van der Waals surface area contributed by atoms with Crippen LogP contribution in [0.15, 0.2) is 42.5 Å². The van der Waals surface area contributed by atoms with Crippen LogP contribution in [0.4, 0.5) is 26.3 Å². The molecule has 3 aliphatic rings. The fourth-order valence-corrected chi connectivity index (χ4v) is 7.04. The molecule has 1 aliphatic carbocycles. The molecule has 5 rings (SSSR count). The monoisotopic (exact) mass is 596 g/mol. The maximum atomic E-state index is 14.9. The minimum Gasteiger partial charge on any atom is -0.389 e. The number of amides is 2. The lowest BCUT2D eigenvalue weighted by atomic mass is 9.63. The summed E-state index contributed by atoms with van der Waals surface area (Å²) in [5, 5.41) is 10.3. The Morgan fingerprint density at radius 3 is 2.36 bits per heavy atom. The first kappa shape index (κ1) is 30.4. The summed E-state index contributed by atoms with van der Waals surface area (Å²) in [6.45, 7) is 3.43. The van der Waals surface area contributed by atoms with Crippen LogP contribution in [0, 0.1) is 5.82 Å².